The predicted octanol–water partition coefficient (Wildman–Crippen LogP) is 4.64. The van der Waals surface area contributed by atoms with Crippen molar-refractivity contribution >= 4 is 23.0 Å². The van der Waals surface area contributed by atoms with Gasteiger partial charge in [-0.05, 0) is 80.5 Å². The highest BCUT2D eigenvalue weighted by Gasteiger charge is 2.42. The van der Waals surface area contributed by atoms with E-state index < -0.39 is 0 Å². The number of hydrogen-bond donors (Lipinski definition) is 1. The van der Waals surface area contributed by atoms with Gasteiger partial charge >= 0.3 is 0 Å². The molecule has 32 heavy (non-hydrogen) atoms. The molecule has 5 rings (SSSR count). The number of anilines is 1. The molecule has 0 amide bonds. The molecule has 2 fully saturated rings. The molecule has 2 aliphatic rings. The molecule has 0 aliphatic carbocycles. The predicted molar refractivity (Wildman–Crippen MR) is 129 cm³/mol. The first-order valence-corrected chi connectivity index (χ1v) is 11.7. The van der Waals surface area contributed by atoms with Crippen LogP contribution in [0, 0.1) is 0 Å². The molecule has 1 aromatic carbocycles. The lowest BCUT2D eigenvalue weighted by atomic mass is 10.0. The minimum Gasteiger partial charge on any atom is -0.494 e. The summed E-state index contributed by atoms with van der Waals surface area (Å²) in [5.74, 6) is 0.855. The van der Waals surface area contributed by atoms with Crippen LogP contribution in [0.15, 0.2) is 67.0 Å². The molecule has 1 N–H and O–H groups in total. The van der Waals surface area contributed by atoms with Crippen LogP contribution in [0.25, 0.3) is 0 Å². The SMILES string of the molecule is CCOc1ccc(N2C(=S)NC(c3ccccn3)C2c2cccn2CC2CCCO2)cc1. The number of aromatic nitrogens is 2. The maximum Gasteiger partial charge on any atom is 0.174 e. The third-order valence-corrected chi connectivity index (χ3v) is 6.43. The molecular formula is C25H28N4O2S. The summed E-state index contributed by atoms with van der Waals surface area (Å²) in [5.41, 5.74) is 3.19. The lowest BCUT2D eigenvalue weighted by molar-refractivity contribution is 0.0961. The van der Waals surface area contributed by atoms with E-state index in [2.05, 4.69) is 56.3 Å². The van der Waals surface area contributed by atoms with Crippen LogP contribution in [0.2, 0.25) is 0 Å². The van der Waals surface area contributed by atoms with E-state index in [0.717, 1.165) is 43.1 Å². The van der Waals surface area contributed by atoms with Crippen LogP contribution in [-0.2, 0) is 11.3 Å². The number of thiocarbonyl (C=S) groups is 1. The highest BCUT2D eigenvalue weighted by molar-refractivity contribution is 7.80. The summed E-state index contributed by atoms with van der Waals surface area (Å²) in [6.07, 6.45) is 6.47. The largest absolute Gasteiger partial charge is 0.494 e. The highest BCUT2D eigenvalue weighted by Crippen LogP contribution is 2.42. The van der Waals surface area contributed by atoms with Crippen molar-refractivity contribution in [1.82, 2.24) is 14.9 Å². The summed E-state index contributed by atoms with van der Waals surface area (Å²) < 4.78 is 13.9. The van der Waals surface area contributed by atoms with Crippen molar-refractivity contribution in [2.24, 2.45) is 0 Å². The third kappa shape index (κ3) is 4.10. The summed E-state index contributed by atoms with van der Waals surface area (Å²) in [5, 5.41) is 4.23. The number of benzene rings is 1. The molecule has 3 atom stereocenters. The smallest absolute Gasteiger partial charge is 0.174 e. The first-order chi connectivity index (χ1) is 15.7. The Kier molecular flexibility index (Phi) is 6.10. The van der Waals surface area contributed by atoms with E-state index in [1.807, 2.05) is 37.4 Å². The van der Waals surface area contributed by atoms with Crippen molar-refractivity contribution in [3.05, 3.63) is 78.4 Å². The molecular weight excluding hydrogens is 420 g/mol. The van der Waals surface area contributed by atoms with Gasteiger partial charge in [-0.25, -0.2) is 0 Å². The number of rotatable bonds is 7. The fourth-order valence-electron chi connectivity index (χ4n) is 4.67. The van der Waals surface area contributed by atoms with Gasteiger partial charge in [0.05, 0.1) is 24.4 Å². The Bertz CT molecular complexity index is 1050. The third-order valence-electron chi connectivity index (χ3n) is 6.12. The number of ether oxygens (including phenoxy) is 2. The van der Waals surface area contributed by atoms with Gasteiger partial charge in [-0.3, -0.25) is 4.98 Å². The van der Waals surface area contributed by atoms with Crippen LogP contribution >= 0.6 is 12.2 Å². The summed E-state index contributed by atoms with van der Waals surface area (Å²) in [6, 6.07) is 18.4. The molecule has 2 saturated heterocycles. The Hall–Kier alpha value is -2.90. The van der Waals surface area contributed by atoms with Gasteiger partial charge in [0.25, 0.3) is 0 Å². The first-order valence-electron chi connectivity index (χ1n) is 11.2. The van der Waals surface area contributed by atoms with E-state index in [1.165, 1.54) is 5.69 Å². The summed E-state index contributed by atoms with van der Waals surface area (Å²) in [7, 11) is 0. The van der Waals surface area contributed by atoms with Crippen molar-refractivity contribution in [2.45, 2.75) is 44.5 Å². The molecule has 0 spiro atoms. The molecule has 6 nitrogen and oxygen atoms in total. The van der Waals surface area contributed by atoms with Gasteiger partial charge in [-0.2, -0.15) is 0 Å². The van der Waals surface area contributed by atoms with Crippen molar-refractivity contribution in [3.8, 4) is 5.75 Å². The Balaban J connectivity index is 1.54. The van der Waals surface area contributed by atoms with Gasteiger partial charge in [0.2, 0.25) is 0 Å². The van der Waals surface area contributed by atoms with Crippen LogP contribution in [0.5, 0.6) is 5.75 Å². The van der Waals surface area contributed by atoms with Crippen LogP contribution in [0.3, 0.4) is 0 Å². The van der Waals surface area contributed by atoms with Crippen molar-refractivity contribution in [2.75, 3.05) is 18.1 Å². The molecule has 7 heteroatoms. The van der Waals surface area contributed by atoms with E-state index in [4.69, 9.17) is 21.7 Å². The molecule has 2 aromatic heterocycles. The molecule has 4 heterocycles. The molecule has 166 valence electrons. The lowest BCUT2D eigenvalue weighted by Crippen LogP contribution is -2.31. The van der Waals surface area contributed by atoms with Gasteiger partial charge < -0.3 is 24.3 Å². The Morgan fingerprint density at radius 3 is 2.75 bits per heavy atom. The minimum absolute atomic E-state index is 0.0354. The van der Waals surface area contributed by atoms with Gasteiger partial charge in [-0.15, -0.1) is 0 Å². The van der Waals surface area contributed by atoms with Gasteiger partial charge in [-0.1, -0.05) is 6.07 Å². The van der Waals surface area contributed by atoms with Gasteiger partial charge in [0.15, 0.2) is 5.11 Å². The van der Waals surface area contributed by atoms with E-state index in [9.17, 15) is 0 Å². The zero-order valence-electron chi connectivity index (χ0n) is 18.2. The number of pyridine rings is 1. The van der Waals surface area contributed by atoms with Gasteiger partial charge in [0, 0.05) is 36.9 Å². The maximum atomic E-state index is 5.92. The number of nitrogens with zero attached hydrogens (tertiary/aromatic N) is 3. The zero-order chi connectivity index (χ0) is 21.9. The van der Waals surface area contributed by atoms with Crippen molar-refractivity contribution in [1.29, 1.82) is 0 Å². The van der Waals surface area contributed by atoms with Crippen LogP contribution in [0.4, 0.5) is 5.69 Å². The van der Waals surface area contributed by atoms with Crippen LogP contribution < -0.4 is 15.0 Å². The average Bonchev–Trinajstić information content (AvgIpc) is 3.56. The standard InChI is InChI=1S/C25H28N4O2S/c1-2-30-19-12-10-18(11-13-19)29-24(23(27-25(29)32)21-8-3-4-14-26-21)22-9-5-15-28(22)17-20-7-6-16-31-20/h3-5,8-15,20,23-24H,2,6-7,16-17H2,1H3,(H,27,32). The van der Waals surface area contributed by atoms with Gasteiger partial charge in [0.1, 0.15) is 11.8 Å². The first kappa shape index (κ1) is 21.0. The average molecular weight is 449 g/mol. The lowest BCUT2D eigenvalue weighted by Gasteiger charge is -2.29. The van der Waals surface area contributed by atoms with E-state index in [1.54, 1.807) is 0 Å². The Morgan fingerprint density at radius 1 is 1.16 bits per heavy atom. The second-order valence-electron chi connectivity index (χ2n) is 8.14. The molecule has 0 saturated carbocycles. The fraction of sp³-hybridized carbons (Fsp3) is 0.360. The summed E-state index contributed by atoms with van der Waals surface area (Å²) in [4.78, 5) is 6.85. The minimum atomic E-state index is -0.0617. The quantitative estimate of drug-likeness (QED) is 0.532. The second kappa shape index (κ2) is 9.30. The highest BCUT2D eigenvalue weighted by atomic mass is 32.1. The normalized spacial score (nSPS) is 22.8. The van der Waals surface area contributed by atoms with Crippen molar-refractivity contribution in [3.63, 3.8) is 0 Å². The zero-order valence-corrected chi connectivity index (χ0v) is 19.0. The molecule has 0 bridgehead atoms. The summed E-state index contributed by atoms with van der Waals surface area (Å²) >= 11 is 5.84. The number of nitrogens with one attached hydrogen (secondary N) is 1. The molecule has 2 aliphatic heterocycles. The van der Waals surface area contributed by atoms with E-state index in [0.29, 0.717) is 11.7 Å². The van der Waals surface area contributed by atoms with Crippen LogP contribution in [-0.4, -0.2) is 34.0 Å². The molecule has 0 radical (unpaired) electrons. The maximum absolute atomic E-state index is 5.92. The molecule has 3 unspecified atom stereocenters. The fourth-order valence-corrected chi connectivity index (χ4v) is 5.02. The molecule has 3 aromatic rings. The number of hydrogen-bond acceptors (Lipinski definition) is 4. The second-order valence-corrected chi connectivity index (χ2v) is 8.53. The topological polar surface area (TPSA) is 51.5 Å². The van der Waals surface area contributed by atoms with Crippen molar-refractivity contribution < 1.29 is 9.47 Å². The summed E-state index contributed by atoms with van der Waals surface area (Å²) in [6.45, 7) is 4.33. The Labute approximate surface area is 194 Å². The Morgan fingerprint density at radius 2 is 2.03 bits per heavy atom. The van der Waals surface area contributed by atoms with E-state index in [-0.39, 0.29) is 18.2 Å². The van der Waals surface area contributed by atoms with E-state index >= 15 is 0 Å². The van der Waals surface area contributed by atoms with Crippen LogP contribution in [0.1, 0.15) is 43.2 Å². The monoisotopic (exact) mass is 448 g/mol.